The fourth-order valence-electron chi connectivity index (χ4n) is 1.28. The second-order valence-corrected chi connectivity index (χ2v) is 3.88. The second kappa shape index (κ2) is 6.39. The highest BCUT2D eigenvalue weighted by Gasteiger charge is 2.21. The summed E-state index contributed by atoms with van der Waals surface area (Å²) < 4.78 is 5.75. The maximum Gasteiger partial charge on any atom is 0.0664 e. The third-order valence-corrected chi connectivity index (χ3v) is 2.80. The van der Waals surface area contributed by atoms with Crippen LogP contribution < -0.4 is 0 Å². The monoisotopic (exact) mass is 187 g/mol. The molecule has 0 aliphatic rings. The molecule has 2 nitrogen and oxygen atoms in total. The van der Waals surface area contributed by atoms with E-state index in [2.05, 4.69) is 39.6 Å². The lowest BCUT2D eigenvalue weighted by molar-refractivity contribution is -0.0378. The molecule has 0 N–H and O–H groups in total. The molecule has 0 amide bonds. The zero-order valence-electron chi connectivity index (χ0n) is 9.89. The molecule has 0 rings (SSSR count). The lowest BCUT2D eigenvalue weighted by Gasteiger charge is -2.30. The lowest BCUT2D eigenvalue weighted by Crippen LogP contribution is -2.33. The van der Waals surface area contributed by atoms with Crippen molar-refractivity contribution >= 4 is 0 Å². The number of hydrogen-bond donors (Lipinski definition) is 0. The molecule has 0 spiro atoms. The summed E-state index contributed by atoms with van der Waals surface area (Å²) in [5.74, 6) is 0. The minimum atomic E-state index is 0.0815. The molecule has 0 radical (unpaired) electrons. The summed E-state index contributed by atoms with van der Waals surface area (Å²) in [6.45, 7) is 11.7. The topological polar surface area (TPSA) is 12.5 Å². The molecule has 0 heterocycles. The Morgan fingerprint density at radius 1 is 1.23 bits per heavy atom. The smallest absolute Gasteiger partial charge is 0.0664 e. The summed E-state index contributed by atoms with van der Waals surface area (Å²) in [7, 11) is 2.15. The molecule has 0 saturated heterocycles. The van der Waals surface area contributed by atoms with Crippen LogP contribution in [-0.4, -0.2) is 37.2 Å². The van der Waals surface area contributed by atoms with Gasteiger partial charge in [-0.3, -0.25) is 0 Å². The number of nitrogens with zero attached hydrogens (tertiary/aromatic N) is 1. The molecular weight excluding hydrogens is 162 g/mol. The van der Waals surface area contributed by atoms with E-state index < -0.39 is 0 Å². The van der Waals surface area contributed by atoms with E-state index in [1.54, 1.807) is 0 Å². The quantitative estimate of drug-likeness (QED) is 0.607. The molecule has 2 heteroatoms. The minimum Gasteiger partial charge on any atom is -0.376 e. The highest BCUT2D eigenvalue weighted by atomic mass is 16.5. The van der Waals surface area contributed by atoms with Crippen molar-refractivity contribution in [1.29, 1.82) is 0 Å². The van der Waals surface area contributed by atoms with Crippen LogP contribution in [0.3, 0.4) is 0 Å². The Morgan fingerprint density at radius 3 is 2.23 bits per heavy atom. The summed E-state index contributed by atoms with van der Waals surface area (Å²) in [4.78, 5) is 2.33. The van der Waals surface area contributed by atoms with Crippen molar-refractivity contribution in [3.8, 4) is 0 Å². The lowest BCUT2D eigenvalue weighted by atomic mass is 9.98. The van der Waals surface area contributed by atoms with Gasteiger partial charge in [0.25, 0.3) is 0 Å². The molecule has 0 saturated carbocycles. The molecule has 0 aliphatic carbocycles. The molecule has 0 bridgehead atoms. The van der Waals surface area contributed by atoms with Gasteiger partial charge in [-0.25, -0.2) is 0 Å². The molecule has 0 aromatic carbocycles. The van der Waals surface area contributed by atoms with Gasteiger partial charge in [0.2, 0.25) is 0 Å². The van der Waals surface area contributed by atoms with Crippen molar-refractivity contribution < 1.29 is 4.74 Å². The van der Waals surface area contributed by atoms with E-state index in [0.717, 1.165) is 32.5 Å². The van der Waals surface area contributed by atoms with Gasteiger partial charge in [0.15, 0.2) is 0 Å². The third kappa shape index (κ3) is 5.27. The Bertz CT molecular complexity index is 127. The van der Waals surface area contributed by atoms with Crippen molar-refractivity contribution in [1.82, 2.24) is 4.90 Å². The van der Waals surface area contributed by atoms with Gasteiger partial charge in [0, 0.05) is 13.2 Å². The first kappa shape index (κ1) is 12.9. The molecule has 0 aromatic rings. The van der Waals surface area contributed by atoms with Crippen LogP contribution in [0.2, 0.25) is 0 Å². The second-order valence-electron chi connectivity index (χ2n) is 3.88. The molecular formula is C11H25NO. The summed E-state index contributed by atoms with van der Waals surface area (Å²) in [6.07, 6.45) is 2.22. The molecule has 0 aliphatic heterocycles. The fraction of sp³-hybridized carbons (Fsp3) is 1.00. The number of rotatable bonds is 7. The van der Waals surface area contributed by atoms with E-state index in [1.807, 2.05) is 0 Å². The predicted octanol–water partition coefficient (Wildman–Crippen LogP) is 2.53. The van der Waals surface area contributed by atoms with Crippen LogP contribution in [0, 0.1) is 0 Å². The summed E-state index contributed by atoms with van der Waals surface area (Å²) in [5.41, 5.74) is 0.0815. The summed E-state index contributed by atoms with van der Waals surface area (Å²) >= 11 is 0. The van der Waals surface area contributed by atoms with Crippen molar-refractivity contribution in [2.45, 2.75) is 46.1 Å². The molecule has 13 heavy (non-hydrogen) atoms. The minimum absolute atomic E-state index is 0.0815. The van der Waals surface area contributed by atoms with Gasteiger partial charge in [-0.15, -0.1) is 0 Å². The molecule has 80 valence electrons. The van der Waals surface area contributed by atoms with E-state index in [1.165, 1.54) is 0 Å². The Morgan fingerprint density at radius 2 is 1.85 bits per heavy atom. The zero-order valence-corrected chi connectivity index (χ0v) is 9.89. The van der Waals surface area contributed by atoms with Crippen LogP contribution in [0.5, 0.6) is 0 Å². The van der Waals surface area contributed by atoms with Crippen LogP contribution >= 0.6 is 0 Å². The molecule has 0 aromatic heterocycles. The van der Waals surface area contributed by atoms with Gasteiger partial charge in [-0.2, -0.15) is 0 Å². The first-order valence-electron chi connectivity index (χ1n) is 5.40. The van der Waals surface area contributed by atoms with Crippen LogP contribution in [0.1, 0.15) is 40.5 Å². The summed E-state index contributed by atoms with van der Waals surface area (Å²) in [5, 5.41) is 0. The van der Waals surface area contributed by atoms with Crippen LogP contribution in [-0.2, 0) is 4.74 Å². The van der Waals surface area contributed by atoms with Crippen molar-refractivity contribution in [2.75, 3.05) is 26.7 Å². The van der Waals surface area contributed by atoms with Gasteiger partial charge in [-0.1, -0.05) is 13.8 Å². The Balaban J connectivity index is 3.82. The summed E-state index contributed by atoms with van der Waals surface area (Å²) in [6, 6.07) is 0. The van der Waals surface area contributed by atoms with Gasteiger partial charge in [-0.05, 0) is 40.3 Å². The highest BCUT2D eigenvalue weighted by Crippen LogP contribution is 2.19. The van der Waals surface area contributed by atoms with Gasteiger partial charge in [0.05, 0.1) is 5.60 Å². The highest BCUT2D eigenvalue weighted by molar-refractivity contribution is 4.74. The maximum absolute atomic E-state index is 5.75. The first-order chi connectivity index (χ1) is 6.08. The number of ether oxygens (including phenoxy) is 1. The van der Waals surface area contributed by atoms with Crippen LogP contribution in [0.4, 0.5) is 0 Å². The van der Waals surface area contributed by atoms with Crippen molar-refractivity contribution in [3.05, 3.63) is 0 Å². The first-order valence-corrected chi connectivity index (χ1v) is 5.40. The SMILES string of the molecule is CCOC(C)(CC)CCN(C)CC. The van der Waals surface area contributed by atoms with E-state index >= 15 is 0 Å². The maximum atomic E-state index is 5.75. The van der Waals surface area contributed by atoms with E-state index in [4.69, 9.17) is 4.74 Å². The molecule has 1 atom stereocenters. The Labute approximate surface area is 83.3 Å². The van der Waals surface area contributed by atoms with Gasteiger partial charge in [0.1, 0.15) is 0 Å². The van der Waals surface area contributed by atoms with Crippen molar-refractivity contribution in [2.24, 2.45) is 0 Å². The van der Waals surface area contributed by atoms with Crippen LogP contribution in [0.25, 0.3) is 0 Å². The van der Waals surface area contributed by atoms with E-state index in [0.29, 0.717) is 0 Å². The van der Waals surface area contributed by atoms with Gasteiger partial charge >= 0.3 is 0 Å². The van der Waals surface area contributed by atoms with E-state index in [-0.39, 0.29) is 5.60 Å². The van der Waals surface area contributed by atoms with Gasteiger partial charge < -0.3 is 9.64 Å². The zero-order chi connectivity index (χ0) is 10.3. The normalized spacial score (nSPS) is 16.2. The van der Waals surface area contributed by atoms with Crippen LogP contribution in [0.15, 0.2) is 0 Å². The average Bonchev–Trinajstić information content (AvgIpc) is 2.15. The molecule has 0 fully saturated rings. The fourth-order valence-corrected chi connectivity index (χ4v) is 1.28. The van der Waals surface area contributed by atoms with E-state index in [9.17, 15) is 0 Å². The number of hydrogen-bond acceptors (Lipinski definition) is 2. The predicted molar refractivity (Wildman–Crippen MR) is 58.1 cm³/mol. The Kier molecular flexibility index (Phi) is 6.35. The average molecular weight is 187 g/mol. The Hall–Kier alpha value is -0.0800. The third-order valence-electron chi connectivity index (χ3n) is 2.80. The largest absolute Gasteiger partial charge is 0.376 e. The standard InChI is InChI=1S/C11H25NO/c1-6-11(4,13-8-3)9-10-12(5)7-2/h6-10H2,1-5H3. The molecule has 1 unspecified atom stereocenters. The van der Waals surface area contributed by atoms with Crippen molar-refractivity contribution in [3.63, 3.8) is 0 Å².